The minimum atomic E-state index is 0.436. The SMILES string of the molecule is CN(C)CCSCC=C1CCC2C3CCc4cc(O)ccc4C3CCC12C. The Morgan fingerprint density at radius 2 is 2.07 bits per heavy atom. The van der Waals surface area contributed by atoms with Crippen LogP contribution in [0.5, 0.6) is 5.75 Å². The van der Waals surface area contributed by atoms with E-state index in [2.05, 4.69) is 49.8 Å². The fraction of sp³-hybridized carbons (Fsp3) is 0.667. The smallest absolute Gasteiger partial charge is 0.115 e. The highest BCUT2D eigenvalue weighted by Crippen LogP contribution is 2.62. The molecule has 1 N–H and O–H groups in total. The molecule has 0 amide bonds. The number of fused-ring (bicyclic) bond motifs is 5. The number of allylic oxidation sites excluding steroid dienone is 1. The zero-order valence-corrected chi connectivity index (χ0v) is 18.0. The van der Waals surface area contributed by atoms with Gasteiger partial charge in [-0.25, -0.2) is 0 Å². The summed E-state index contributed by atoms with van der Waals surface area (Å²) in [6.45, 7) is 3.75. The van der Waals surface area contributed by atoms with E-state index in [9.17, 15) is 5.11 Å². The molecular weight excluding hydrogens is 350 g/mol. The number of nitrogens with zero attached hydrogens (tertiary/aromatic N) is 1. The molecule has 2 nitrogen and oxygen atoms in total. The van der Waals surface area contributed by atoms with Crippen LogP contribution in [-0.2, 0) is 6.42 Å². The summed E-state index contributed by atoms with van der Waals surface area (Å²) in [6, 6.07) is 6.14. The van der Waals surface area contributed by atoms with Gasteiger partial charge in [-0.05, 0) is 99.0 Å². The standard InChI is InChI=1S/C24H35NOS/c1-24-12-10-21-20-8-6-19(26)16-17(20)4-7-22(21)23(24)9-5-18(24)11-14-27-15-13-25(2)3/h6,8,11,16,21-23,26H,4-5,7,9-10,12-15H2,1-3H3. The van der Waals surface area contributed by atoms with Crippen molar-refractivity contribution in [3.63, 3.8) is 0 Å². The number of aryl methyl sites for hydroxylation is 1. The molecule has 1 aromatic rings. The van der Waals surface area contributed by atoms with E-state index in [1.807, 2.05) is 12.1 Å². The first-order chi connectivity index (χ1) is 13.0. The Morgan fingerprint density at radius 3 is 2.89 bits per heavy atom. The Balaban J connectivity index is 1.46. The zero-order chi connectivity index (χ0) is 19.0. The summed E-state index contributed by atoms with van der Waals surface area (Å²) in [5.74, 6) is 5.27. The summed E-state index contributed by atoms with van der Waals surface area (Å²) in [5, 5.41) is 9.85. The number of benzene rings is 1. The molecule has 148 valence electrons. The van der Waals surface area contributed by atoms with Crippen molar-refractivity contribution in [2.75, 3.05) is 32.1 Å². The summed E-state index contributed by atoms with van der Waals surface area (Å²) >= 11 is 2.08. The molecule has 0 heterocycles. The van der Waals surface area contributed by atoms with Gasteiger partial charge < -0.3 is 10.0 Å². The van der Waals surface area contributed by atoms with Crippen LogP contribution in [-0.4, -0.2) is 42.2 Å². The molecule has 0 aromatic heterocycles. The molecule has 1 aromatic carbocycles. The molecule has 0 aliphatic heterocycles. The van der Waals surface area contributed by atoms with Gasteiger partial charge in [0.1, 0.15) is 5.75 Å². The molecule has 0 saturated heterocycles. The summed E-state index contributed by atoms with van der Waals surface area (Å²) in [5.41, 5.74) is 5.16. The van der Waals surface area contributed by atoms with E-state index >= 15 is 0 Å². The lowest BCUT2D eigenvalue weighted by atomic mass is 9.55. The second-order valence-electron chi connectivity index (χ2n) is 9.40. The highest BCUT2D eigenvalue weighted by molar-refractivity contribution is 7.99. The predicted molar refractivity (Wildman–Crippen MR) is 117 cm³/mol. The van der Waals surface area contributed by atoms with Gasteiger partial charge in [-0.3, -0.25) is 0 Å². The quantitative estimate of drug-likeness (QED) is 0.537. The van der Waals surface area contributed by atoms with E-state index in [-0.39, 0.29) is 0 Å². The summed E-state index contributed by atoms with van der Waals surface area (Å²) < 4.78 is 0. The molecule has 0 spiro atoms. The minimum absolute atomic E-state index is 0.436. The van der Waals surface area contributed by atoms with Crippen molar-refractivity contribution in [1.82, 2.24) is 4.90 Å². The average molecular weight is 386 g/mol. The maximum atomic E-state index is 9.85. The Labute approximate surface area is 169 Å². The Morgan fingerprint density at radius 1 is 1.22 bits per heavy atom. The van der Waals surface area contributed by atoms with Gasteiger partial charge in [-0.1, -0.05) is 24.6 Å². The van der Waals surface area contributed by atoms with Crippen molar-refractivity contribution in [3.8, 4) is 5.75 Å². The van der Waals surface area contributed by atoms with E-state index in [1.165, 1.54) is 55.7 Å². The topological polar surface area (TPSA) is 23.5 Å². The molecule has 0 radical (unpaired) electrons. The van der Waals surface area contributed by atoms with Gasteiger partial charge in [-0.2, -0.15) is 11.8 Å². The average Bonchev–Trinajstić information content (AvgIpc) is 2.97. The first-order valence-corrected chi connectivity index (χ1v) is 11.9. The molecule has 27 heavy (non-hydrogen) atoms. The van der Waals surface area contributed by atoms with E-state index in [0.717, 1.165) is 24.2 Å². The molecular formula is C24H35NOS. The van der Waals surface area contributed by atoms with Gasteiger partial charge in [0.15, 0.2) is 0 Å². The van der Waals surface area contributed by atoms with Crippen LogP contribution in [0.4, 0.5) is 0 Å². The third-order valence-corrected chi connectivity index (χ3v) is 8.56. The highest BCUT2D eigenvalue weighted by atomic mass is 32.2. The Hall–Kier alpha value is -0.930. The number of hydrogen-bond donors (Lipinski definition) is 1. The van der Waals surface area contributed by atoms with Crippen LogP contribution < -0.4 is 0 Å². The molecule has 2 fully saturated rings. The predicted octanol–water partition coefficient (Wildman–Crippen LogP) is 5.47. The van der Waals surface area contributed by atoms with Crippen molar-refractivity contribution in [2.45, 2.75) is 51.4 Å². The third kappa shape index (κ3) is 3.70. The second kappa shape index (κ2) is 7.83. The molecule has 4 atom stereocenters. The zero-order valence-electron chi connectivity index (χ0n) is 17.2. The van der Waals surface area contributed by atoms with Gasteiger partial charge in [0.25, 0.3) is 0 Å². The minimum Gasteiger partial charge on any atom is -0.508 e. The number of hydrogen-bond acceptors (Lipinski definition) is 3. The van der Waals surface area contributed by atoms with Crippen molar-refractivity contribution in [1.29, 1.82) is 0 Å². The van der Waals surface area contributed by atoms with Crippen LogP contribution >= 0.6 is 11.8 Å². The van der Waals surface area contributed by atoms with Crippen LogP contribution in [0, 0.1) is 17.3 Å². The monoisotopic (exact) mass is 385 g/mol. The third-order valence-electron chi connectivity index (χ3n) is 7.69. The first-order valence-electron chi connectivity index (χ1n) is 10.7. The van der Waals surface area contributed by atoms with Crippen molar-refractivity contribution in [3.05, 3.63) is 41.0 Å². The van der Waals surface area contributed by atoms with E-state index in [0.29, 0.717) is 11.2 Å². The second-order valence-corrected chi connectivity index (χ2v) is 10.6. The molecule has 3 heteroatoms. The molecule has 2 saturated carbocycles. The summed E-state index contributed by atoms with van der Waals surface area (Å²) in [6.07, 6.45) is 10.4. The van der Waals surface area contributed by atoms with Crippen molar-refractivity contribution >= 4 is 11.8 Å². The molecule has 4 unspecified atom stereocenters. The van der Waals surface area contributed by atoms with E-state index < -0.39 is 0 Å². The summed E-state index contributed by atoms with van der Waals surface area (Å²) in [7, 11) is 4.31. The first kappa shape index (κ1) is 19.4. The van der Waals surface area contributed by atoms with Crippen molar-refractivity contribution in [2.24, 2.45) is 17.3 Å². The Kier molecular flexibility index (Phi) is 5.62. The van der Waals surface area contributed by atoms with Crippen LogP contribution in [0.1, 0.15) is 56.1 Å². The van der Waals surface area contributed by atoms with E-state index in [1.54, 1.807) is 11.1 Å². The van der Waals surface area contributed by atoms with Gasteiger partial charge in [-0.15, -0.1) is 0 Å². The van der Waals surface area contributed by atoms with Crippen LogP contribution in [0.3, 0.4) is 0 Å². The van der Waals surface area contributed by atoms with E-state index in [4.69, 9.17) is 0 Å². The van der Waals surface area contributed by atoms with Gasteiger partial charge >= 0.3 is 0 Å². The lowest BCUT2D eigenvalue weighted by Crippen LogP contribution is -2.40. The molecule has 4 rings (SSSR count). The number of rotatable bonds is 5. The normalized spacial score (nSPS) is 33.8. The fourth-order valence-corrected chi connectivity index (χ4v) is 7.22. The lowest BCUT2D eigenvalue weighted by molar-refractivity contribution is 0.0813. The van der Waals surface area contributed by atoms with Gasteiger partial charge in [0.05, 0.1) is 0 Å². The maximum Gasteiger partial charge on any atom is 0.115 e. The maximum absolute atomic E-state index is 9.85. The highest BCUT2D eigenvalue weighted by Gasteiger charge is 2.52. The largest absolute Gasteiger partial charge is 0.508 e. The number of phenols is 1. The van der Waals surface area contributed by atoms with Gasteiger partial charge in [0, 0.05) is 18.1 Å². The van der Waals surface area contributed by atoms with Crippen LogP contribution in [0.15, 0.2) is 29.8 Å². The fourth-order valence-electron chi connectivity index (χ4n) is 6.24. The van der Waals surface area contributed by atoms with Crippen molar-refractivity contribution < 1.29 is 5.11 Å². The number of phenolic OH excluding ortho intramolecular Hbond substituents is 1. The van der Waals surface area contributed by atoms with Crippen LogP contribution in [0.2, 0.25) is 0 Å². The molecule has 3 aliphatic carbocycles. The van der Waals surface area contributed by atoms with Gasteiger partial charge in [0.2, 0.25) is 0 Å². The molecule has 3 aliphatic rings. The van der Waals surface area contributed by atoms with Crippen LogP contribution in [0.25, 0.3) is 0 Å². The summed E-state index contributed by atoms with van der Waals surface area (Å²) in [4.78, 5) is 2.27. The molecule has 0 bridgehead atoms. The number of thioether (sulfide) groups is 1. The lowest BCUT2D eigenvalue weighted by Gasteiger charge is -2.49. The number of aromatic hydroxyl groups is 1. The Bertz CT molecular complexity index is 712.